The van der Waals surface area contributed by atoms with Crippen LogP contribution in [0, 0.1) is 5.92 Å². The third-order valence-corrected chi connectivity index (χ3v) is 2.43. The molecule has 0 aromatic heterocycles. The molecule has 70 valence electrons. The van der Waals surface area contributed by atoms with Crippen molar-refractivity contribution in [1.82, 2.24) is 4.90 Å². The Kier molecular flexibility index (Phi) is 3.76. The highest BCUT2D eigenvalue weighted by Crippen LogP contribution is 2.15. The van der Waals surface area contributed by atoms with E-state index in [4.69, 9.17) is 5.73 Å². The zero-order valence-corrected chi connectivity index (χ0v) is 8.05. The topological polar surface area (TPSA) is 29.3 Å². The zero-order chi connectivity index (χ0) is 8.97. The summed E-state index contributed by atoms with van der Waals surface area (Å²) in [6.07, 6.45) is 2.61. The first-order valence-corrected chi connectivity index (χ1v) is 4.79. The number of piperidine rings is 1. The maximum absolute atomic E-state index is 5.65. The Morgan fingerprint density at radius 1 is 1.67 bits per heavy atom. The van der Waals surface area contributed by atoms with E-state index >= 15 is 0 Å². The third kappa shape index (κ3) is 2.95. The van der Waals surface area contributed by atoms with Crippen LogP contribution in [0.2, 0.25) is 0 Å². The SMILES string of the molecule is C=C(C)CN1CCCC(CN)C1. The van der Waals surface area contributed by atoms with Gasteiger partial charge in [-0.1, -0.05) is 12.2 Å². The van der Waals surface area contributed by atoms with Crippen molar-refractivity contribution < 1.29 is 0 Å². The van der Waals surface area contributed by atoms with Crippen LogP contribution in [0.5, 0.6) is 0 Å². The lowest BCUT2D eigenvalue weighted by Gasteiger charge is -2.32. The van der Waals surface area contributed by atoms with Gasteiger partial charge >= 0.3 is 0 Å². The van der Waals surface area contributed by atoms with E-state index in [1.807, 2.05) is 0 Å². The van der Waals surface area contributed by atoms with Crippen LogP contribution in [0.15, 0.2) is 12.2 Å². The van der Waals surface area contributed by atoms with E-state index in [1.165, 1.54) is 31.5 Å². The number of nitrogens with zero attached hydrogens (tertiary/aromatic N) is 1. The van der Waals surface area contributed by atoms with Crippen LogP contribution in [0.25, 0.3) is 0 Å². The summed E-state index contributed by atoms with van der Waals surface area (Å²) in [5, 5.41) is 0. The first-order chi connectivity index (χ1) is 5.72. The second-order valence-electron chi connectivity index (χ2n) is 3.94. The zero-order valence-electron chi connectivity index (χ0n) is 8.05. The highest BCUT2D eigenvalue weighted by Gasteiger charge is 2.17. The summed E-state index contributed by atoms with van der Waals surface area (Å²) < 4.78 is 0. The van der Waals surface area contributed by atoms with Crippen LogP contribution in [0.1, 0.15) is 19.8 Å². The standard InChI is InChI=1S/C10H20N2/c1-9(2)7-12-5-3-4-10(6-11)8-12/h10H,1,3-8,11H2,2H3. The first-order valence-electron chi connectivity index (χ1n) is 4.79. The highest BCUT2D eigenvalue weighted by molar-refractivity contribution is 4.93. The predicted molar refractivity (Wildman–Crippen MR) is 53.0 cm³/mol. The lowest BCUT2D eigenvalue weighted by atomic mass is 9.98. The molecule has 1 aliphatic rings. The van der Waals surface area contributed by atoms with E-state index in [-0.39, 0.29) is 0 Å². The summed E-state index contributed by atoms with van der Waals surface area (Å²) in [7, 11) is 0. The molecule has 2 nitrogen and oxygen atoms in total. The number of hydrogen-bond donors (Lipinski definition) is 1. The summed E-state index contributed by atoms with van der Waals surface area (Å²) in [6.45, 7) is 10.3. The van der Waals surface area contributed by atoms with E-state index in [1.54, 1.807) is 0 Å². The Morgan fingerprint density at radius 3 is 3.00 bits per heavy atom. The second-order valence-corrected chi connectivity index (χ2v) is 3.94. The monoisotopic (exact) mass is 168 g/mol. The van der Waals surface area contributed by atoms with Gasteiger partial charge in [-0.25, -0.2) is 0 Å². The average molecular weight is 168 g/mol. The average Bonchev–Trinajstić information content (AvgIpc) is 2.03. The fraction of sp³-hybridized carbons (Fsp3) is 0.800. The molecule has 0 saturated carbocycles. The number of nitrogens with two attached hydrogens (primary N) is 1. The molecule has 1 heterocycles. The van der Waals surface area contributed by atoms with Gasteiger partial charge in [-0.05, 0) is 38.8 Å². The molecule has 0 aromatic carbocycles. The van der Waals surface area contributed by atoms with E-state index in [2.05, 4.69) is 18.4 Å². The van der Waals surface area contributed by atoms with Crippen LogP contribution in [0.3, 0.4) is 0 Å². The molecule has 1 saturated heterocycles. The smallest absolute Gasteiger partial charge is 0.0187 e. The second kappa shape index (κ2) is 4.63. The van der Waals surface area contributed by atoms with Crippen LogP contribution in [0.4, 0.5) is 0 Å². The Hall–Kier alpha value is -0.340. The third-order valence-electron chi connectivity index (χ3n) is 2.43. The Morgan fingerprint density at radius 2 is 2.42 bits per heavy atom. The largest absolute Gasteiger partial charge is 0.330 e. The molecule has 0 bridgehead atoms. The van der Waals surface area contributed by atoms with Crippen molar-refractivity contribution in [3.8, 4) is 0 Å². The molecule has 1 aliphatic heterocycles. The summed E-state index contributed by atoms with van der Waals surface area (Å²) in [4.78, 5) is 2.46. The van der Waals surface area contributed by atoms with Gasteiger partial charge < -0.3 is 5.73 Å². The first kappa shape index (κ1) is 9.75. The fourth-order valence-corrected chi connectivity index (χ4v) is 1.87. The maximum Gasteiger partial charge on any atom is 0.0187 e. The molecule has 12 heavy (non-hydrogen) atoms. The summed E-state index contributed by atoms with van der Waals surface area (Å²) in [5.41, 5.74) is 6.90. The molecule has 0 amide bonds. The van der Waals surface area contributed by atoms with E-state index < -0.39 is 0 Å². The molecule has 2 heteroatoms. The van der Waals surface area contributed by atoms with Gasteiger partial charge in [-0.15, -0.1) is 0 Å². The van der Waals surface area contributed by atoms with Crippen molar-refractivity contribution >= 4 is 0 Å². The Bertz CT molecular complexity index is 154. The normalized spacial score (nSPS) is 25.7. The number of likely N-dealkylation sites (tertiary alicyclic amines) is 1. The van der Waals surface area contributed by atoms with Crippen molar-refractivity contribution in [2.45, 2.75) is 19.8 Å². The summed E-state index contributed by atoms with van der Waals surface area (Å²) in [5.74, 6) is 0.720. The molecule has 2 N–H and O–H groups in total. The maximum atomic E-state index is 5.65. The molecule has 0 radical (unpaired) electrons. The fourth-order valence-electron chi connectivity index (χ4n) is 1.87. The minimum Gasteiger partial charge on any atom is -0.330 e. The molecular weight excluding hydrogens is 148 g/mol. The van der Waals surface area contributed by atoms with Gasteiger partial charge in [0.2, 0.25) is 0 Å². The van der Waals surface area contributed by atoms with Crippen LogP contribution in [-0.2, 0) is 0 Å². The summed E-state index contributed by atoms with van der Waals surface area (Å²) in [6, 6.07) is 0. The van der Waals surface area contributed by atoms with Crippen molar-refractivity contribution in [2.24, 2.45) is 11.7 Å². The van der Waals surface area contributed by atoms with Crippen molar-refractivity contribution in [3.05, 3.63) is 12.2 Å². The van der Waals surface area contributed by atoms with Gasteiger partial charge in [0.05, 0.1) is 0 Å². The molecule has 1 rings (SSSR count). The predicted octanol–water partition coefficient (Wildman–Crippen LogP) is 1.23. The van der Waals surface area contributed by atoms with Crippen molar-refractivity contribution in [3.63, 3.8) is 0 Å². The van der Waals surface area contributed by atoms with E-state index in [0.717, 1.165) is 19.0 Å². The lowest BCUT2D eigenvalue weighted by Crippen LogP contribution is -2.38. The Balaban J connectivity index is 2.30. The Labute approximate surface area is 75.4 Å². The number of hydrogen-bond acceptors (Lipinski definition) is 2. The van der Waals surface area contributed by atoms with Crippen LogP contribution < -0.4 is 5.73 Å². The molecule has 1 unspecified atom stereocenters. The molecule has 0 aliphatic carbocycles. The quantitative estimate of drug-likeness (QED) is 0.642. The molecular formula is C10H20N2. The van der Waals surface area contributed by atoms with Gasteiger partial charge in [0.25, 0.3) is 0 Å². The molecule has 0 aromatic rings. The van der Waals surface area contributed by atoms with Crippen LogP contribution in [-0.4, -0.2) is 31.1 Å². The van der Waals surface area contributed by atoms with E-state index in [9.17, 15) is 0 Å². The van der Waals surface area contributed by atoms with Gasteiger partial charge in [-0.3, -0.25) is 4.90 Å². The minimum atomic E-state index is 0.720. The van der Waals surface area contributed by atoms with Gasteiger partial charge in [0.15, 0.2) is 0 Å². The van der Waals surface area contributed by atoms with Gasteiger partial charge in [-0.2, -0.15) is 0 Å². The minimum absolute atomic E-state index is 0.720. The molecule has 0 spiro atoms. The molecule has 1 fully saturated rings. The number of rotatable bonds is 3. The highest BCUT2D eigenvalue weighted by atomic mass is 15.1. The summed E-state index contributed by atoms with van der Waals surface area (Å²) >= 11 is 0. The van der Waals surface area contributed by atoms with Gasteiger partial charge in [0, 0.05) is 13.1 Å². The van der Waals surface area contributed by atoms with Crippen LogP contribution >= 0.6 is 0 Å². The molecule has 1 atom stereocenters. The van der Waals surface area contributed by atoms with Crippen molar-refractivity contribution in [1.29, 1.82) is 0 Å². The van der Waals surface area contributed by atoms with Crippen molar-refractivity contribution in [2.75, 3.05) is 26.2 Å². The van der Waals surface area contributed by atoms with E-state index in [0.29, 0.717) is 0 Å². The van der Waals surface area contributed by atoms with Gasteiger partial charge in [0.1, 0.15) is 0 Å². The lowest BCUT2D eigenvalue weighted by molar-refractivity contribution is 0.191.